The van der Waals surface area contributed by atoms with Crippen LogP contribution < -0.4 is 5.73 Å². The van der Waals surface area contributed by atoms with Crippen LogP contribution in [0.3, 0.4) is 0 Å². The molecule has 2 N–H and O–H groups in total. The molecule has 18 heavy (non-hydrogen) atoms. The van der Waals surface area contributed by atoms with E-state index in [0.717, 1.165) is 24.1 Å². The number of ether oxygens (including phenoxy) is 1. The van der Waals surface area contributed by atoms with Crippen molar-refractivity contribution in [1.82, 2.24) is 14.6 Å². The molecule has 0 radical (unpaired) electrons. The van der Waals surface area contributed by atoms with E-state index in [1.54, 1.807) is 4.52 Å². The maximum atomic E-state index is 10.2. The number of nitrogens with zero attached hydrogens (tertiary/aromatic N) is 4. The van der Waals surface area contributed by atoms with E-state index in [0.29, 0.717) is 5.82 Å². The Balaban J connectivity index is 1.91. The molecule has 94 valence electrons. The molecule has 1 aliphatic rings. The minimum atomic E-state index is -0.0859. The summed E-state index contributed by atoms with van der Waals surface area (Å²) in [7, 11) is 0. The highest BCUT2D eigenvalue weighted by Gasteiger charge is 2.28. The highest BCUT2D eigenvalue weighted by atomic mass is 16.5. The number of hydrogen-bond acceptors (Lipinski definition) is 6. The van der Waals surface area contributed by atoms with Gasteiger partial charge in [0.05, 0.1) is 11.8 Å². The first-order valence-electron chi connectivity index (χ1n) is 5.82. The van der Waals surface area contributed by atoms with E-state index in [-0.39, 0.29) is 18.8 Å². The van der Waals surface area contributed by atoms with Gasteiger partial charge in [-0.15, -0.1) is 0 Å². The number of aromatic nitrogens is 3. The minimum Gasteiger partial charge on any atom is -0.382 e. The highest BCUT2D eigenvalue weighted by molar-refractivity contribution is 5.65. The molecule has 7 heteroatoms. The van der Waals surface area contributed by atoms with Crippen LogP contribution in [-0.2, 0) is 4.74 Å². The van der Waals surface area contributed by atoms with Crippen molar-refractivity contribution in [3.05, 3.63) is 29.1 Å². The molecular formula is C11H13N5O2. The molecule has 0 unspecified atom stereocenters. The van der Waals surface area contributed by atoms with Crippen LogP contribution >= 0.6 is 0 Å². The van der Waals surface area contributed by atoms with Gasteiger partial charge in [-0.25, -0.2) is 9.50 Å². The first-order valence-corrected chi connectivity index (χ1v) is 5.82. The average Bonchev–Trinajstić information content (AvgIpc) is 2.96. The van der Waals surface area contributed by atoms with E-state index in [1.807, 2.05) is 12.1 Å². The Hall–Kier alpha value is -2.02. The SMILES string of the molecule is Nc1ncnn2c([C@H]3CC[C@@H](CN=O)O3)ccc12. The van der Waals surface area contributed by atoms with Crippen molar-refractivity contribution in [2.45, 2.75) is 25.0 Å². The number of nitrogens with two attached hydrogens (primary N) is 1. The standard InChI is InChI=1S/C11H13N5O2/c12-11-9-3-2-8(16(9)14-6-13-11)10-4-1-7(18-10)5-15-17/h2-3,6-7,10H,1,4-5H2,(H2,12,13,14)/t7-,10+/m0/s1. The average molecular weight is 247 g/mol. The Morgan fingerprint density at radius 1 is 1.50 bits per heavy atom. The Morgan fingerprint density at radius 2 is 2.39 bits per heavy atom. The van der Waals surface area contributed by atoms with E-state index >= 15 is 0 Å². The molecule has 0 aromatic carbocycles. The Bertz CT molecular complexity index is 582. The lowest BCUT2D eigenvalue weighted by Crippen LogP contribution is -2.11. The van der Waals surface area contributed by atoms with Crippen molar-refractivity contribution in [2.75, 3.05) is 12.3 Å². The van der Waals surface area contributed by atoms with Crippen molar-refractivity contribution in [2.24, 2.45) is 5.18 Å². The molecule has 0 bridgehead atoms. The van der Waals surface area contributed by atoms with E-state index in [4.69, 9.17) is 10.5 Å². The molecule has 1 saturated heterocycles. The van der Waals surface area contributed by atoms with Crippen LogP contribution in [0.5, 0.6) is 0 Å². The third-order valence-electron chi connectivity index (χ3n) is 3.23. The van der Waals surface area contributed by atoms with Crippen molar-refractivity contribution < 1.29 is 4.74 Å². The lowest BCUT2D eigenvalue weighted by Gasteiger charge is -2.11. The van der Waals surface area contributed by atoms with E-state index in [1.165, 1.54) is 6.33 Å². The summed E-state index contributed by atoms with van der Waals surface area (Å²) in [5.74, 6) is 0.445. The van der Waals surface area contributed by atoms with Crippen LogP contribution in [0.25, 0.3) is 5.52 Å². The van der Waals surface area contributed by atoms with Gasteiger partial charge in [-0.3, -0.25) is 0 Å². The van der Waals surface area contributed by atoms with Gasteiger partial charge in [0.25, 0.3) is 0 Å². The van der Waals surface area contributed by atoms with Crippen molar-refractivity contribution in [1.29, 1.82) is 0 Å². The number of anilines is 1. The van der Waals surface area contributed by atoms with Gasteiger partial charge in [-0.2, -0.15) is 10.0 Å². The molecule has 2 aromatic heterocycles. The lowest BCUT2D eigenvalue weighted by atomic mass is 10.1. The largest absolute Gasteiger partial charge is 0.382 e. The topological polar surface area (TPSA) is 94.9 Å². The first kappa shape index (κ1) is 11.1. The number of rotatable bonds is 3. The summed E-state index contributed by atoms with van der Waals surface area (Å²) in [5, 5.41) is 7.06. The highest BCUT2D eigenvalue weighted by Crippen LogP contribution is 2.33. The molecule has 0 spiro atoms. The summed E-state index contributed by atoms with van der Waals surface area (Å²) in [6.45, 7) is 0.205. The Morgan fingerprint density at radius 3 is 3.22 bits per heavy atom. The summed E-state index contributed by atoms with van der Waals surface area (Å²) in [6.07, 6.45) is 2.97. The number of nitrogen functional groups attached to an aromatic ring is 1. The van der Waals surface area contributed by atoms with Crippen molar-refractivity contribution in [3.63, 3.8) is 0 Å². The number of fused-ring (bicyclic) bond motifs is 1. The lowest BCUT2D eigenvalue weighted by molar-refractivity contribution is 0.0465. The Labute approximate surface area is 103 Å². The molecule has 0 saturated carbocycles. The van der Waals surface area contributed by atoms with Crippen LogP contribution in [0.2, 0.25) is 0 Å². The normalized spacial score (nSPS) is 23.6. The van der Waals surface area contributed by atoms with Crippen LogP contribution in [0.4, 0.5) is 5.82 Å². The molecule has 3 heterocycles. The summed E-state index contributed by atoms with van der Waals surface area (Å²) in [6, 6.07) is 3.81. The predicted molar refractivity (Wildman–Crippen MR) is 64.9 cm³/mol. The molecule has 3 rings (SSSR count). The molecule has 0 amide bonds. The van der Waals surface area contributed by atoms with E-state index < -0.39 is 0 Å². The molecule has 1 aliphatic heterocycles. The maximum absolute atomic E-state index is 10.2. The van der Waals surface area contributed by atoms with E-state index in [9.17, 15) is 4.91 Å². The second-order valence-electron chi connectivity index (χ2n) is 4.34. The van der Waals surface area contributed by atoms with Crippen LogP contribution in [0.15, 0.2) is 23.6 Å². The van der Waals surface area contributed by atoms with Gasteiger partial charge in [0.2, 0.25) is 0 Å². The van der Waals surface area contributed by atoms with Gasteiger partial charge in [0, 0.05) is 0 Å². The molecule has 0 aliphatic carbocycles. The number of hydrogen-bond donors (Lipinski definition) is 1. The fourth-order valence-electron chi connectivity index (χ4n) is 2.36. The monoisotopic (exact) mass is 247 g/mol. The molecular weight excluding hydrogens is 234 g/mol. The summed E-state index contributed by atoms with van der Waals surface area (Å²) in [5.41, 5.74) is 7.48. The molecule has 1 fully saturated rings. The second-order valence-corrected chi connectivity index (χ2v) is 4.34. The van der Waals surface area contributed by atoms with Gasteiger partial charge in [-0.1, -0.05) is 5.18 Å². The Kier molecular flexibility index (Phi) is 2.67. The zero-order chi connectivity index (χ0) is 12.5. The number of nitroso groups, excluding NO2 is 1. The summed E-state index contributed by atoms with van der Waals surface area (Å²) < 4.78 is 7.52. The van der Waals surface area contributed by atoms with Gasteiger partial charge in [0.1, 0.15) is 24.5 Å². The third-order valence-corrected chi connectivity index (χ3v) is 3.23. The quantitative estimate of drug-likeness (QED) is 0.825. The summed E-state index contributed by atoms with van der Waals surface area (Å²) >= 11 is 0. The zero-order valence-electron chi connectivity index (χ0n) is 9.69. The van der Waals surface area contributed by atoms with Gasteiger partial charge < -0.3 is 10.5 Å². The smallest absolute Gasteiger partial charge is 0.151 e. The van der Waals surface area contributed by atoms with Gasteiger partial charge in [-0.05, 0) is 25.0 Å². The minimum absolute atomic E-state index is 0.0615. The molecule has 7 nitrogen and oxygen atoms in total. The van der Waals surface area contributed by atoms with Gasteiger partial charge >= 0.3 is 0 Å². The maximum Gasteiger partial charge on any atom is 0.151 e. The summed E-state index contributed by atoms with van der Waals surface area (Å²) in [4.78, 5) is 14.2. The first-order chi connectivity index (χ1) is 8.79. The fraction of sp³-hybridized carbons (Fsp3) is 0.455. The van der Waals surface area contributed by atoms with Crippen molar-refractivity contribution >= 4 is 11.3 Å². The zero-order valence-corrected chi connectivity index (χ0v) is 9.69. The van der Waals surface area contributed by atoms with Gasteiger partial charge in [0.15, 0.2) is 5.82 Å². The van der Waals surface area contributed by atoms with E-state index in [2.05, 4.69) is 15.3 Å². The molecule has 2 atom stereocenters. The fourth-order valence-corrected chi connectivity index (χ4v) is 2.36. The second kappa shape index (κ2) is 4.34. The van der Waals surface area contributed by atoms with Crippen LogP contribution in [0.1, 0.15) is 24.6 Å². The van der Waals surface area contributed by atoms with Crippen molar-refractivity contribution in [3.8, 4) is 0 Å². The van der Waals surface area contributed by atoms with Crippen LogP contribution in [0, 0.1) is 4.91 Å². The molecule has 2 aromatic rings. The third kappa shape index (κ3) is 1.72. The predicted octanol–water partition coefficient (Wildman–Crippen LogP) is 1.30. The van der Waals surface area contributed by atoms with Crippen LogP contribution in [-0.4, -0.2) is 27.2 Å².